The van der Waals surface area contributed by atoms with Crippen molar-refractivity contribution in [2.45, 2.75) is 44.2 Å². The average molecular weight is 370 g/mol. The second-order valence-electron chi connectivity index (χ2n) is 7.70. The van der Waals surface area contributed by atoms with Crippen LogP contribution in [0.5, 0.6) is 0 Å². The van der Waals surface area contributed by atoms with Gasteiger partial charge in [0.15, 0.2) is 0 Å². The van der Waals surface area contributed by atoms with E-state index in [1.54, 1.807) is 0 Å². The van der Waals surface area contributed by atoms with Crippen LogP contribution >= 0.6 is 0 Å². The summed E-state index contributed by atoms with van der Waals surface area (Å²) in [4.78, 5) is 16.9. The van der Waals surface area contributed by atoms with Crippen molar-refractivity contribution in [1.82, 2.24) is 10.2 Å². The Hall–Kier alpha value is -2.10. The second kappa shape index (κ2) is 9.20. The Balaban J connectivity index is 1.58. The molecule has 1 aliphatic heterocycles. The van der Waals surface area contributed by atoms with E-state index < -0.39 is 5.54 Å². The van der Waals surface area contributed by atoms with Crippen LogP contribution in [-0.2, 0) is 16.1 Å². The van der Waals surface area contributed by atoms with Crippen molar-refractivity contribution in [2.24, 2.45) is 0 Å². The first-order chi connectivity index (χ1) is 13.1. The number of amides is 1. The summed E-state index contributed by atoms with van der Waals surface area (Å²) in [6.07, 6.45) is 4.70. The zero-order chi connectivity index (χ0) is 19.1. The molecule has 1 N–H and O–H groups in total. The quantitative estimate of drug-likeness (QED) is 0.832. The number of rotatable bonds is 6. The fourth-order valence-corrected chi connectivity index (χ4v) is 4.08. The molecule has 0 radical (unpaired) electrons. The van der Waals surface area contributed by atoms with Gasteiger partial charge in [-0.25, -0.2) is 0 Å². The molecule has 2 aliphatic rings. The largest absolute Gasteiger partial charge is 0.378 e. The fourth-order valence-electron chi connectivity index (χ4n) is 4.08. The first-order valence-electron chi connectivity index (χ1n) is 9.93. The van der Waals surface area contributed by atoms with E-state index in [-0.39, 0.29) is 5.91 Å². The highest BCUT2D eigenvalue weighted by atomic mass is 16.5. The van der Waals surface area contributed by atoms with E-state index in [4.69, 9.17) is 4.74 Å². The van der Waals surface area contributed by atoms with Gasteiger partial charge in [0.05, 0.1) is 25.8 Å². The normalized spacial score (nSPS) is 19.5. The number of nitrogens with zero attached hydrogens (tertiary/aromatic N) is 3. The van der Waals surface area contributed by atoms with Gasteiger partial charge in [-0.2, -0.15) is 5.26 Å². The van der Waals surface area contributed by atoms with E-state index in [0.717, 1.165) is 58.4 Å². The number of para-hydroxylation sites is 1. The molecule has 146 valence electrons. The molecule has 2 fully saturated rings. The number of carbonyl (C=O) groups is 1. The molecule has 0 atom stereocenters. The lowest BCUT2D eigenvalue weighted by Crippen LogP contribution is -2.51. The van der Waals surface area contributed by atoms with E-state index in [0.29, 0.717) is 13.1 Å². The number of hydrogen-bond acceptors (Lipinski definition) is 5. The van der Waals surface area contributed by atoms with E-state index in [9.17, 15) is 10.1 Å². The van der Waals surface area contributed by atoms with Crippen molar-refractivity contribution < 1.29 is 9.53 Å². The van der Waals surface area contributed by atoms with Crippen LogP contribution in [0.1, 0.15) is 37.7 Å². The van der Waals surface area contributed by atoms with Gasteiger partial charge in [0, 0.05) is 25.3 Å². The van der Waals surface area contributed by atoms with E-state index in [1.807, 2.05) is 18.0 Å². The number of ether oxygens (including phenoxy) is 1. The highest BCUT2D eigenvalue weighted by Gasteiger charge is 2.33. The first kappa shape index (κ1) is 19.7. The maximum atomic E-state index is 12.5. The van der Waals surface area contributed by atoms with Gasteiger partial charge in [-0.15, -0.1) is 0 Å². The Morgan fingerprint density at radius 1 is 1.26 bits per heavy atom. The van der Waals surface area contributed by atoms with Crippen molar-refractivity contribution in [3.8, 4) is 6.07 Å². The van der Waals surface area contributed by atoms with Gasteiger partial charge < -0.3 is 15.0 Å². The van der Waals surface area contributed by atoms with Crippen molar-refractivity contribution >= 4 is 11.6 Å². The molecule has 0 bridgehead atoms. The standard InChI is InChI=1S/C21H30N4O2/c1-24(16-20(26)23-21(17-22)9-5-2-6-10-21)15-18-7-3-4-8-19(18)25-11-13-27-14-12-25/h3-4,7-8H,2,5-6,9-16H2,1H3,(H,23,26). The lowest BCUT2D eigenvalue weighted by atomic mass is 9.83. The van der Waals surface area contributed by atoms with Crippen molar-refractivity contribution in [1.29, 1.82) is 5.26 Å². The van der Waals surface area contributed by atoms with E-state index >= 15 is 0 Å². The molecule has 1 heterocycles. The Morgan fingerprint density at radius 2 is 1.96 bits per heavy atom. The third kappa shape index (κ3) is 5.21. The van der Waals surface area contributed by atoms with Crippen molar-refractivity contribution in [3.05, 3.63) is 29.8 Å². The van der Waals surface area contributed by atoms with Crippen LogP contribution in [0.15, 0.2) is 24.3 Å². The monoisotopic (exact) mass is 370 g/mol. The summed E-state index contributed by atoms with van der Waals surface area (Å²) in [6, 6.07) is 10.7. The van der Waals surface area contributed by atoms with Crippen LogP contribution in [0.2, 0.25) is 0 Å². The van der Waals surface area contributed by atoms with Crippen LogP contribution in [0.3, 0.4) is 0 Å². The maximum absolute atomic E-state index is 12.5. The number of hydrogen-bond donors (Lipinski definition) is 1. The molecule has 0 spiro atoms. The number of likely N-dealkylation sites (N-methyl/N-ethyl adjacent to an activating group) is 1. The number of carbonyl (C=O) groups excluding carboxylic acids is 1. The molecule has 1 aliphatic carbocycles. The Kier molecular flexibility index (Phi) is 6.70. The summed E-state index contributed by atoms with van der Waals surface area (Å²) in [5.74, 6) is -0.0650. The molecule has 6 nitrogen and oxygen atoms in total. The lowest BCUT2D eigenvalue weighted by molar-refractivity contribution is -0.123. The molecule has 1 saturated carbocycles. The van der Waals surface area contributed by atoms with Gasteiger partial charge in [-0.05, 0) is 31.5 Å². The van der Waals surface area contributed by atoms with Gasteiger partial charge in [0.1, 0.15) is 5.54 Å². The zero-order valence-electron chi connectivity index (χ0n) is 16.2. The molecule has 6 heteroatoms. The SMILES string of the molecule is CN(CC(=O)NC1(C#N)CCCCC1)Cc1ccccc1N1CCOCC1. The number of nitrogens with one attached hydrogen (secondary N) is 1. The van der Waals surface area contributed by atoms with E-state index in [1.165, 1.54) is 11.3 Å². The summed E-state index contributed by atoms with van der Waals surface area (Å²) in [5, 5.41) is 12.6. The number of nitriles is 1. The number of benzene rings is 1. The number of morpholine rings is 1. The van der Waals surface area contributed by atoms with Gasteiger partial charge in [0.2, 0.25) is 5.91 Å². The average Bonchev–Trinajstić information content (AvgIpc) is 2.69. The summed E-state index contributed by atoms with van der Waals surface area (Å²) in [7, 11) is 1.95. The molecular formula is C21H30N4O2. The Bertz CT molecular complexity index is 673. The van der Waals surface area contributed by atoms with Crippen LogP contribution in [0.4, 0.5) is 5.69 Å². The van der Waals surface area contributed by atoms with Crippen LogP contribution < -0.4 is 10.2 Å². The molecular weight excluding hydrogens is 340 g/mol. The molecule has 1 aromatic rings. The fraction of sp³-hybridized carbons (Fsp3) is 0.619. The summed E-state index contributed by atoms with van der Waals surface area (Å²) in [6.45, 7) is 4.28. The summed E-state index contributed by atoms with van der Waals surface area (Å²) in [5.41, 5.74) is 1.76. The minimum atomic E-state index is -0.665. The lowest BCUT2D eigenvalue weighted by Gasteiger charge is -2.33. The predicted molar refractivity (Wildman–Crippen MR) is 105 cm³/mol. The highest BCUT2D eigenvalue weighted by molar-refractivity contribution is 5.79. The van der Waals surface area contributed by atoms with Crippen molar-refractivity contribution in [3.63, 3.8) is 0 Å². The Morgan fingerprint density at radius 3 is 2.67 bits per heavy atom. The van der Waals surface area contributed by atoms with Crippen LogP contribution in [0.25, 0.3) is 0 Å². The minimum absolute atomic E-state index is 0.0650. The molecule has 1 saturated heterocycles. The van der Waals surface area contributed by atoms with Gasteiger partial charge in [-0.3, -0.25) is 9.69 Å². The molecule has 1 aromatic carbocycles. The highest BCUT2D eigenvalue weighted by Crippen LogP contribution is 2.27. The van der Waals surface area contributed by atoms with E-state index in [2.05, 4.69) is 34.5 Å². The maximum Gasteiger partial charge on any atom is 0.235 e. The first-order valence-corrected chi connectivity index (χ1v) is 9.93. The van der Waals surface area contributed by atoms with Crippen molar-refractivity contribution in [2.75, 3.05) is 44.8 Å². The number of anilines is 1. The minimum Gasteiger partial charge on any atom is -0.378 e. The third-order valence-corrected chi connectivity index (χ3v) is 5.50. The van der Waals surface area contributed by atoms with Gasteiger partial charge >= 0.3 is 0 Å². The molecule has 0 unspecified atom stereocenters. The topological polar surface area (TPSA) is 68.6 Å². The molecule has 3 rings (SSSR count). The zero-order valence-corrected chi connectivity index (χ0v) is 16.2. The molecule has 1 amide bonds. The van der Waals surface area contributed by atoms with Crippen LogP contribution in [-0.4, -0.2) is 56.2 Å². The molecule has 27 heavy (non-hydrogen) atoms. The Labute approximate surface area is 162 Å². The molecule has 0 aromatic heterocycles. The van der Waals surface area contributed by atoms with Gasteiger partial charge in [-0.1, -0.05) is 37.5 Å². The smallest absolute Gasteiger partial charge is 0.235 e. The summed E-state index contributed by atoms with van der Waals surface area (Å²) < 4.78 is 5.46. The van der Waals surface area contributed by atoms with Gasteiger partial charge in [0.25, 0.3) is 0 Å². The van der Waals surface area contributed by atoms with Crippen LogP contribution in [0, 0.1) is 11.3 Å². The second-order valence-corrected chi connectivity index (χ2v) is 7.70. The third-order valence-electron chi connectivity index (χ3n) is 5.50. The predicted octanol–water partition coefficient (Wildman–Crippen LogP) is 2.30. The summed E-state index contributed by atoms with van der Waals surface area (Å²) >= 11 is 0.